The molecule has 7 nitrogen and oxygen atoms in total. The van der Waals surface area contributed by atoms with E-state index < -0.39 is 0 Å². The van der Waals surface area contributed by atoms with Crippen LogP contribution in [0.4, 0.5) is 0 Å². The maximum absolute atomic E-state index is 11.6. The number of carbonyl (C=O) groups is 1. The predicted octanol–water partition coefficient (Wildman–Crippen LogP) is 7.09. The molecule has 0 aromatic heterocycles. The summed E-state index contributed by atoms with van der Waals surface area (Å²) in [5.41, 5.74) is 0. The third-order valence-electron chi connectivity index (χ3n) is 9.22. The molecular weight excluding hydrogens is 576 g/mol. The Morgan fingerprint density at radius 2 is 1.77 bits per heavy atom. The number of carbonyl (C=O) groups excluding carboxylic acids is 1. The topological polar surface area (TPSA) is 72.5 Å². The molecule has 0 bridgehead atoms. The Kier molecular flexibility index (Phi) is 13.7. The molecule has 3 aliphatic heterocycles. The fraction of sp³-hybridized carbons (Fsp3) is 0.906. The first-order chi connectivity index (χ1) is 19.5. The van der Waals surface area contributed by atoms with Gasteiger partial charge in [0.05, 0.1) is 31.5 Å². The zero-order valence-corrected chi connectivity index (χ0v) is 26.6. The van der Waals surface area contributed by atoms with E-state index in [4.69, 9.17) is 28.4 Å². The number of methoxy groups -OCH3 is 1. The predicted molar refractivity (Wildman–Crippen MR) is 158 cm³/mol. The van der Waals surface area contributed by atoms with E-state index in [1.54, 1.807) is 0 Å². The summed E-state index contributed by atoms with van der Waals surface area (Å²) in [6.07, 6.45) is 19.0. The molecule has 4 rings (SSSR count). The molecule has 230 valence electrons. The van der Waals surface area contributed by atoms with Gasteiger partial charge in [-0.15, -0.1) is 0 Å². The zero-order valence-electron chi connectivity index (χ0n) is 25.0. The number of alkyl halides is 1. The van der Waals surface area contributed by atoms with Gasteiger partial charge in [-0.05, 0) is 76.0 Å². The second kappa shape index (κ2) is 17.0. The average molecular weight is 630 g/mol. The molecule has 40 heavy (non-hydrogen) atoms. The van der Waals surface area contributed by atoms with Crippen LogP contribution in [0.2, 0.25) is 0 Å². The van der Waals surface area contributed by atoms with Gasteiger partial charge >= 0.3 is 5.97 Å². The lowest BCUT2D eigenvalue weighted by atomic mass is 9.88. The molecule has 0 radical (unpaired) electrons. The third-order valence-corrected chi connectivity index (χ3v) is 10.3. The molecule has 3 heterocycles. The van der Waals surface area contributed by atoms with Crippen LogP contribution in [0.15, 0.2) is 12.2 Å². The van der Waals surface area contributed by atoms with Gasteiger partial charge in [0.2, 0.25) is 0 Å². The van der Waals surface area contributed by atoms with E-state index in [0.717, 1.165) is 77.4 Å². The lowest BCUT2D eigenvalue weighted by Crippen LogP contribution is -2.33. The Labute approximate surface area is 250 Å². The van der Waals surface area contributed by atoms with Crippen molar-refractivity contribution in [2.45, 2.75) is 146 Å². The van der Waals surface area contributed by atoms with Gasteiger partial charge in [0.25, 0.3) is 0 Å². The Morgan fingerprint density at radius 1 is 1.02 bits per heavy atom. The van der Waals surface area contributed by atoms with Gasteiger partial charge in [-0.25, -0.2) is 0 Å². The molecule has 4 fully saturated rings. The molecule has 0 aromatic rings. The Balaban J connectivity index is 1.43. The summed E-state index contributed by atoms with van der Waals surface area (Å²) < 4.78 is 36.6. The fourth-order valence-electron chi connectivity index (χ4n) is 6.78. The summed E-state index contributed by atoms with van der Waals surface area (Å²) in [7, 11) is 1.45. The van der Waals surface area contributed by atoms with Crippen LogP contribution in [-0.4, -0.2) is 68.1 Å². The number of esters is 1. The number of ether oxygens (including phenoxy) is 6. The fourth-order valence-corrected chi connectivity index (χ4v) is 7.44. The summed E-state index contributed by atoms with van der Waals surface area (Å²) in [6.45, 7) is 6.14. The van der Waals surface area contributed by atoms with Crippen molar-refractivity contribution in [1.29, 1.82) is 0 Å². The van der Waals surface area contributed by atoms with E-state index in [2.05, 4.69) is 41.9 Å². The number of rotatable bonds is 15. The van der Waals surface area contributed by atoms with E-state index in [1.165, 1.54) is 26.4 Å². The van der Waals surface area contributed by atoms with Crippen molar-refractivity contribution in [2.24, 2.45) is 17.8 Å². The van der Waals surface area contributed by atoms with Crippen LogP contribution in [-0.2, 0) is 33.2 Å². The van der Waals surface area contributed by atoms with Crippen LogP contribution in [0.1, 0.15) is 104 Å². The second-order valence-corrected chi connectivity index (χ2v) is 13.5. The first-order valence-electron chi connectivity index (χ1n) is 16.1. The van der Waals surface area contributed by atoms with Crippen molar-refractivity contribution in [1.82, 2.24) is 0 Å². The summed E-state index contributed by atoms with van der Waals surface area (Å²) in [6, 6.07) is 0. The highest BCUT2D eigenvalue weighted by molar-refractivity contribution is 9.09. The van der Waals surface area contributed by atoms with Crippen molar-refractivity contribution in [3.05, 3.63) is 12.2 Å². The van der Waals surface area contributed by atoms with Gasteiger partial charge in [0.1, 0.15) is 0 Å². The van der Waals surface area contributed by atoms with Crippen LogP contribution >= 0.6 is 15.9 Å². The van der Waals surface area contributed by atoms with E-state index in [0.29, 0.717) is 18.3 Å². The molecule has 3 saturated heterocycles. The Morgan fingerprint density at radius 3 is 2.45 bits per heavy atom. The molecule has 0 aromatic carbocycles. The standard InChI is InChI=1S/C32H53BrO7/c1-4-5-11-22(2)26(39-31-14-6-8-18-36-31)17-16-23-24-20-29(25(33)12-10-13-30(34)35-3)38-28(24)21-27(23)40-32-15-7-9-19-37-32/h16-17,22-29,31-32H,4-15,18-21H2,1-3H3/b17-16+/t22-,23-,24-,25?,26-,27-,28-,29?,31?,32?/m1/s1. The Hall–Kier alpha value is -0.510. The lowest BCUT2D eigenvalue weighted by Gasteiger charge is -2.31. The van der Waals surface area contributed by atoms with Crippen molar-refractivity contribution >= 4 is 21.9 Å². The van der Waals surface area contributed by atoms with Crippen LogP contribution < -0.4 is 0 Å². The highest BCUT2D eigenvalue weighted by Crippen LogP contribution is 2.48. The number of hydrogen-bond acceptors (Lipinski definition) is 7. The van der Waals surface area contributed by atoms with E-state index in [1.807, 2.05) is 0 Å². The van der Waals surface area contributed by atoms with Gasteiger partial charge in [0, 0.05) is 36.8 Å². The smallest absolute Gasteiger partial charge is 0.305 e. The normalized spacial score (nSPS) is 35.0. The summed E-state index contributed by atoms with van der Waals surface area (Å²) in [5, 5.41) is 0. The second-order valence-electron chi connectivity index (χ2n) is 12.3. The molecule has 0 N–H and O–H groups in total. The molecule has 8 heteroatoms. The minimum Gasteiger partial charge on any atom is -0.469 e. The minimum absolute atomic E-state index is 0.0284. The van der Waals surface area contributed by atoms with Crippen molar-refractivity contribution in [3.63, 3.8) is 0 Å². The van der Waals surface area contributed by atoms with Gasteiger partial charge in [-0.3, -0.25) is 4.79 Å². The van der Waals surface area contributed by atoms with Crippen molar-refractivity contribution in [2.75, 3.05) is 20.3 Å². The van der Waals surface area contributed by atoms with Crippen molar-refractivity contribution in [3.8, 4) is 0 Å². The van der Waals surface area contributed by atoms with Gasteiger partial charge in [-0.2, -0.15) is 0 Å². The summed E-state index contributed by atoms with van der Waals surface area (Å²) >= 11 is 3.88. The quantitative estimate of drug-likeness (QED) is 0.109. The molecule has 10 atom stereocenters. The third kappa shape index (κ3) is 9.50. The molecule has 0 spiro atoms. The zero-order chi connectivity index (χ0) is 28.3. The maximum atomic E-state index is 11.6. The van der Waals surface area contributed by atoms with Crippen LogP contribution in [0.25, 0.3) is 0 Å². The maximum Gasteiger partial charge on any atom is 0.305 e. The molecular formula is C32H53BrO7. The monoisotopic (exact) mass is 628 g/mol. The first kappa shape index (κ1) is 32.4. The van der Waals surface area contributed by atoms with Gasteiger partial charge < -0.3 is 28.4 Å². The van der Waals surface area contributed by atoms with Crippen molar-refractivity contribution < 1.29 is 33.2 Å². The largest absolute Gasteiger partial charge is 0.469 e. The minimum atomic E-state index is -0.150. The molecule has 4 aliphatic rings. The molecule has 1 saturated carbocycles. The lowest BCUT2D eigenvalue weighted by molar-refractivity contribution is -0.194. The number of fused-ring (bicyclic) bond motifs is 1. The summed E-state index contributed by atoms with van der Waals surface area (Å²) in [4.78, 5) is 11.8. The van der Waals surface area contributed by atoms with Crippen LogP contribution in [0, 0.1) is 17.8 Å². The van der Waals surface area contributed by atoms with Crippen LogP contribution in [0.3, 0.4) is 0 Å². The highest BCUT2D eigenvalue weighted by Gasteiger charge is 2.51. The molecule has 0 amide bonds. The number of halogens is 1. The van der Waals surface area contributed by atoms with Gasteiger partial charge in [-0.1, -0.05) is 54.8 Å². The number of unbranched alkanes of at least 4 members (excludes halogenated alkanes) is 1. The van der Waals surface area contributed by atoms with E-state index in [-0.39, 0.29) is 53.7 Å². The number of hydrogen-bond donors (Lipinski definition) is 0. The average Bonchev–Trinajstić information content (AvgIpc) is 3.53. The Bertz CT molecular complexity index is 766. The highest BCUT2D eigenvalue weighted by atomic mass is 79.9. The van der Waals surface area contributed by atoms with Gasteiger partial charge in [0.15, 0.2) is 12.6 Å². The summed E-state index contributed by atoms with van der Waals surface area (Å²) in [5.74, 6) is 0.928. The van der Waals surface area contributed by atoms with E-state index in [9.17, 15) is 4.79 Å². The molecule has 4 unspecified atom stereocenters. The van der Waals surface area contributed by atoms with E-state index >= 15 is 0 Å². The SMILES string of the molecule is CCCC[C@@H](C)[C@@H](/C=C/[C@@H]1[C@H]2CC(C(Br)CCCC(=O)OC)O[C@@H]2C[C@H]1OC1CCCCO1)OC1CCCCO1. The first-order valence-corrected chi connectivity index (χ1v) is 17.0. The van der Waals surface area contributed by atoms with Crippen LogP contribution in [0.5, 0.6) is 0 Å². The molecule has 1 aliphatic carbocycles.